The third-order valence-corrected chi connectivity index (χ3v) is 3.17. The lowest BCUT2D eigenvalue weighted by molar-refractivity contribution is 0.623. The molecule has 1 heterocycles. The number of rotatable bonds is 3. The molecule has 5 heteroatoms. The Morgan fingerprint density at radius 3 is 2.83 bits per heavy atom. The molecule has 0 radical (unpaired) electrons. The Kier molecular flexibility index (Phi) is 3.81. The van der Waals surface area contributed by atoms with Crippen molar-refractivity contribution in [3.05, 3.63) is 52.4 Å². The minimum Gasteiger partial charge on any atom is -0.397 e. The van der Waals surface area contributed by atoms with Crippen molar-refractivity contribution in [1.29, 1.82) is 0 Å². The van der Waals surface area contributed by atoms with Gasteiger partial charge in [0.2, 0.25) is 0 Å². The number of anilines is 2. The van der Waals surface area contributed by atoms with Gasteiger partial charge in [0.25, 0.3) is 0 Å². The van der Waals surface area contributed by atoms with Crippen molar-refractivity contribution >= 4 is 27.4 Å². The summed E-state index contributed by atoms with van der Waals surface area (Å²) in [6.07, 6.45) is 1.57. The van der Waals surface area contributed by atoms with E-state index in [2.05, 4.69) is 26.2 Å². The molecule has 2 aromatic rings. The summed E-state index contributed by atoms with van der Waals surface area (Å²) in [7, 11) is 0. The topological polar surface area (TPSA) is 50.9 Å². The Morgan fingerprint density at radius 2 is 2.17 bits per heavy atom. The minimum atomic E-state index is -0.245. The molecule has 0 fully saturated rings. The van der Waals surface area contributed by atoms with E-state index in [4.69, 9.17) is 5.73 Å². The van der Waals surface area contributed by atoms with E-state index < -0.39 is 0 Å². The summed E-state index contributed by atoms with van der Waals surface area (Å²) >= 11 is 3.38. The zero-order valence-corrected chi connectivity index (χ0v) is 11.4. The van der Waals surface area contributed by atoms with Gasteiger partial charge < -0.3 is 11.1 Å². The Bertz CT molecular complexity index is 560. The van der Waals surface area contributed by atoms with Gasteiger partial charge in [-0.15, -0.1) is 0 Å². The number of nitrogens with one attached hydrogen (secondary N) is 1. The van der Waals surface area contributed by atoms with Crippen LogP contribution in [0.15, 0.2) is 41.0 Å². The molecule has 2 rings (SSSR count). The van der Waals surface area contributed by atoms with Crippen LogP contribution >= 0.6 is 15.9 Å². The van der Waals surface area contributed by atoms with Crippen molar-refractivity contribution in [2.45, 2.75) is 13.0 Å². The first-order chi connectivity index (χ1) is 8.56. The first kappa shape index (κ1) is 12.8. The molecule has 3 nitrogen and oxygen atoms in total. The van der Waals surface area contributed by atoms with Gasteiger partial charge in [0.15, 0.2) is 0 Å². The van der Waals surface area contributed by atoms with Crippen LogP contribution in [-0.2, 0) is 0 Å². The number of aromatic nitrogens is 1. The highest BCUT2D eigenvalue weighted by Crippen LogP contribution is 2.26. The van der Waals surface area contributed by atoms with Crippen molar-refractivity contribution in [3.63, 3.8) is 0 Å². The van der Waals surface area contributed by atoms with Gasteiger partial charge in [-0.1, -0.05) is 12.1 Å². The summed E-state index contributed by atoms with van der Waals surface area (Å²) in [5.74, 6) is 0.437. The molecule has 94 valence electrons. The molecule has 1 aromatic carbocycles. The number of hydrogen-bond acceptors (Lipinski definition) is 3. The van der Waals surface area contributed by atoms with Gasteiger partial charge in [-0.05, 0) is 46.6 Å². The van der Waals surface area contributed by atoms with Crippen LogP contribution in [0, 0.1) is 5.82 Å². The zero-order valence-electron chi connectivity index (χ0n) is 9.82. The normalized spacial score (nSPS) is 12.2. The van der Waals surface area contributed by atoms with Crippen LogP contribution in [0.3, 0.4) is 0 Å². The second kappa shape index (κ2) is 5.35. The number of nitrogen functional groups attached to an aromatic ring is 1. The highest BCUT2D eigenvalue weighted by atomic mass is 79.9. The lowest BCUT2D eigenvalue weighted by Crippen LogP contribution is -2.09. The van der Waals surface area contributed by atoms with Crippen molar-refractivity contribution in [2.75, 3.05) is 11.1 Å². The van der Waals surface area contributed by atoms with E-state index in [1.54, 1.807) is 18.3 Å². The van der Waals surface area contributed by atoms with Crippen LogP contribution < -0.4 is 11.1 Å². The van der Waals surface area contributed by atoms with Crippen LogP contribution in [0.4, 0.5) is 15.9 Å². The summed E-state index contributed by atoms with van der Waals surface area (Å²) in [5, 5.41) is 3.20. The molecule has 0 saturated carbocycles. The molecule has 0 amide bonds. The van der Waals surface area contributed by atoms with Crippen LogP contribution in [0.25, 0.3) is 0 Å². The number of pyridine rings is 1. The summed E-state index contributed by atoms with van der Waals surface area (Å²) < 4.78 is 13.9. The summed E-state index contributed by atoms with van der Waals surface area (Å²) in [4.78, 5) is 4.19. The lowest BCUT2D eigenvalue weighted by atomic mass is 10.1. The van der Waals surface area contributed by atoms with Crippen molar-refractivity contribution in [3.8, 4) is 0 Å². The van der Waals surface area contributed by atoms with Crippen LogP contribution in [0.5, 0.6) is 0 Å². The van der Waals surface area contributed by atoms with Gasteiger partial charge in [0.1, 0.15) is 11.6 Å². The fraction of sp³-hybridized carbons (Fsp3) is 0.154. The van der Waals surface area contributed by atoms with Crippen molar-refractivity contribution in [2.24, 2.45) is 0 Å². The Labute approximate surface area is 113 Å². The second-order valence-corrected chi connectivity index (χ2v) is 4.87. The van der Waals surface area contributed by atoms with Crippen molar-refractivity contribution < 1.29 is 4.39 Å². The molecule has 0 bridgehead atoms. The molecule has 0 aliphatic carbocycles. The van der Waals surface area contributed by atoms with Gasteiger partial charge in [0.05, 0.1) is 22.4 Å². The summed E-state index contributed by atoms with van der Waals surface area (Å²) in [6.45, 7) is 1.94. The molecule has 0 spiro atoms. The molecule has 0 aliphatic rings. The lowest BCUT2D eigenvalue weighted by Gasteiger charge is -2.16. The fourth-order valence-electron chi connectivity index (χ4n) is 1.62. The highest BCUT2D eigenvalue weighted by molar-refractivity contribution is 9.10. The summed E-state index contributed by atoms with van der Waals surface area (Å²) in [6, 6.07) is 8.21. The van der Waals surface area contributed by atoms with E-state index in [1.807, 2.05) is 13.0 Å². The largest absolute Gasteiger partial charge is 0.397 e. The van der Waals surface area contributed by atoms with E-state index in [9.17, 15) is 4.39 Å². The van der Waals surface area contributed by atoms with E-state index in [1.165, 1.54) is 12.1 Å². The predicted molar refractivity (Wildman–Crippen MR) is 74.8 cm³/mol. The summed E-state index contributed by atoms with van der Waals surface area (Å²) in [5.41, 5.74) is 7.07. The first-order valence-electron chi connectivity index (χ1n) is 5.49. The molecule has 1 aromatic heterocycles. The van der Waals surface area contributed by atoms with Crippen molar-refractivity contribution in [1.82, 2.24) is 4.98 Å². The third-order valence-electron chi connectivity index (χ3n) is 2.56. The Morgan fingerprint density at radius 1 is 1.39 bits per heavy atom. The monoisotopic (exact) mass is 309 g/mol. The number of nitrogens with zero attached hydrogens (tertiary/aromatic N) is 1. The van der Waals surface area contributed by atoms with E-state index in [-0.39, 0.29) is 11.9 Å². The van der Waals surface area contributed by atoms with Gasteiger partial charge >= 0.3 is 0 Å². The van der Waals surface area contributed by atoms with Crippen LogP contribution in [0.2, 0.25) is 0 Å². The second-order valence-electron chi connectivity index (χ2n) is 4.02. The molecule has 0 aliphatic heterocycles. The maximum absolute atomic E-state index is 13.1. The Balaban J connectivity index is 2.18. The smallest absolute Gasteiger partial charge is 0.140 e. The molecule has 3 N–H and O–H groups in total. The van der Waals surface area contributed by atoms with Crippen LogP contribution in [0.1, 0.15) is 18.5 Å². The average molecular weight is 310 g/mol. The molecular weight excluding hydrogens is 297 g/mol. The standard InChI is InChI=1S/C13H13BrFN3/c1-8(9-3-2-4-10(15)5-9)18-13-12(14)6-11(16)7-17-13/h2-8H,16H2,1H3,(H,17,18). The Hall–Kier alpha value is -1.62. The van der Waals surface area contributed by atoms with Gasteiger partial charge in [0, 0.05) is 0 Å². The van der Waals surface area contributed by atoms with E-state index in [0.717, 1.165) is 10.0 Å². The number of nitrogens with two attached hydrogens (primary N) is 1. The average Bonchev–Trinajstić information content (AvgIpc) is 2.32. The maximum Gasteiger partial charge on any atom is 0.140 e. The number of hydrogen-bond donors (Lipinski definition) is 2. The minimum absolute atomic E-state index is 0.0480. The molecule has 1 atom stereocenters. The molecule has 1 unspecified atom stereocenters. The van der Waals surface area contributed by atoms with Gasteiger partial charge in [-0.3, -0.25) is 0 Å². The molecular formula is C13H13BrFN3. The number of benzene rings is 1. The number of halogens is 2. The molecule has 0 saturated heterocycles. The zero-order chi connectivity index (χ0) is 13.1. The van der Waals surface area contributed by atoms with E-state index in [0.29, 0.717) is 11.5 Å². The van der Waals surface area contributed by atoms with Gasteiger partial charge in [-0.2, -0.15) is 0 Å². The molecule has 18 heavy (non-hydrogen) atoms. The fourth-order valence-corrected chi connectivity index (χ4v) is 2.10. The van der Waals surface area contributed by atoms with E-state index >= 15 is 0 Å². The highest BCUT2D eigenvalue weighted by Gasteiger charge is 2.09. The third kappa shape index (κ3) is 2.98. The maximum atomic E-state index is 13.1. The van der Waals surface area contributed by atoms with Gasteiger partial charge in [-0.25, -0.2) is 9.37 Å². The first-order valence-corrected chi connectivity index (χ1v) is 6.28. The SMILES string of the molecule is CC(Nc1ncc(N)cc1Br)c1cccc(F)c1. The van der Waals surface area contributed by atoms with Crippen LogP contribution in [-0.4, -0.2) is 4.98 Å². The predicted octanol–water partition coefficient (Wildman–Crippen LogP) is 3.74. The quantitative estimate of drug-likeness (QED) is 0.908.